The number of rotatable bonds is 4. The average molecular weight is 599 g/mol. The summed E-state index contributed by atoms with van der Waals surface area (Å²) in [5.74, 6) is -7.65. The fourth-order valence-electron chi connectivity index (χ4n) is 3.45. The zero-order valence-corrected chi connectivity index (χ0v) is 20.5. The summed E-state index contributed by atoms with van der Waals surface area (Å²) < 4.78 is 65.4. The van der Waals surface area contributed by atoms with Crippen molar-refractivity contribution < 1.29 is 47.5 Å². The Bertz CT molecular complexity index is 1120. The highest BCUT2D eigenvalue weighted by molar-refractivity contribution is 5.85. The molecule has 8 N–H and O–H groups in total. The van der Waals surface area contributed by atoms with Crippen molar-refractivity contribution in [3.8, 4) is 0 Å². The van der Waals surface area contributed by atoms with Gasteiger partial charge in [0.15, 0.2) is 12.2 Å². The zero-order chi connectivity index (χ0) is 27.0. The lowest BCUT2D eigenvalue weighted by atomic mass is 10.1. The van der Waals surface area contributed by atoms with E-state index in [1.54, 1.807) is 0 Å². The molecule has 0 amide bonds. The maximum atomic E-state index is 13.7. The molecule has 2 fully saturated rings. The smallest absolute Gasteiger partial charge is 0.351 e. The van der Waals surface area contributed by atoms with Gasteiger partial charge < -0.3 is 41.4 Å². The van der Waals surface area contributed by atoms with Crippen LogP contribution < -0.4 is 22.8 Å². The molecule has 0 saturated carbocycles. The Balaban J connectivity index is 0.000000361. The van der Waals surface area contributed by atoms with Gasteiger partial charge in [-0.15, -0.1) is 24.8 Å². The molecule has 2 aromatic rings. The number of aromatic nitrogens is 4. The first-order valence-electron chi connectivity index (χ1n) is 10.1. The van der Waals surface area contributed by atoms with Crippen LogP contribution in [0.1, 0.15) is 12.5 Å². The highest BCUT2D eigenvalue weighted by atomic mass is 35.5. The first-order valence-corrected chi connectivity index (χ1v) is 10.1. The number of hydrogen-bond acceptors (Lipinski definition) is 12. The summed E-state index contributed by atoms with van der Waals surface area (Å²) >= 11 is 0. The monoisotopic (exact) mass is 598 g/mol. The van der Waals surface area contributed by atoms with Gasteiger partial charge in [-0.25, -0.2) is 9.59 Å². The predicted molar refractivity (Wildman–Crippen MR) is 124 cm³/mol. The quantitative estimate of drug-likeness (QED) is 0.216. The van der Waals surface area contributed by atoms with Crippen LogP contribution in [-0.4, -0.2) is 89.0 Å². The van der Waals surface area contributed by atoms with Crippen LogP contribution in [0.5, 0.6) is 0 Å². The minimum Gasteiger partial charge on any atom is -0.394 e. The standard InChI is InChI=1S/2C9H11F2N3O4.2ClH/c2*10-9(11)6(16)4(3-15)18-7(9)14-2-1-5(12)13-8(14)17;;/h2*1-2,4,6-7,15-16H,3H2,(H2,12,13,17);2*1H/t2*4-,6-,7-;;/m11../s1. The Morgan fingerprint density at radius 3 is 1.34 bits per heavy atom. The fourth-order valence-corrected chi connectivity index (χ4v) is 3.45. The van der Waals surface area contributed by atoms with Crippen molar-refractivity contribution in [3.63, 3.8) is 0 Å². The van der Waals surface area contributed by atoms with Gasteiger partial charge in [0, 0.05) is 12.4 Å². The van der Waals surface area contributed by atoms with Crippen molar-refractivity contribution in [2.24, 2.45) is 0 Å². The minimum atomic E-state index is -3.71. The zero-order valence-electron chi connectivity index (χ0n) is 18.9. The first kappa shape index (κ1) is 33.4. The van der Waals surface area contributed by atoms with Gasteiger partial charge in [0.05, 0.1) is 13.2 Å². The third kappa shape index (κ3) is 6.18. The van der Waals surface area contributed by atoms with Crippen molar-refractivity contribution in [2.75, 3.05) is 24.7 Å². The van der Waals surface area contributed by atoms with Crippen molar-refractivity contribution in [3.05, 3.63) is 45.5 Å². The van der Waals surface area contributed by atoms with E-state index in [4.69, 9.17) is 31.2 Å². The summed E-state index contributed by atoms with van der Waals surface area (Å²) in [6.07, 6.45) is -9.38. The van der Waals surface area contributed by atoms with Crippen LogP contribution in [0.15, 0.2) is 34.1 Å². The number of alkyl halides is 4. The molecule has 0 spiro atoms. The van der Waals surface area contributed by atoms with E-state index in [9.17, 15) is 37.4 Å². The van der Waals surface area contributed by atoms with Crippen molar-refractivity contribution in [1.29, 1.82) is 0 Å². The molecule has 38 heavy (non-hydrogen) atoms. The molecule has 216 valence electrons. The normalized spacial score (nSPS) is 28.9. The van der Waals surface area contributed by atoms with Crippen LogP contribution in [0.3, 0.4) is 0 Å². The Labute approximate surface area is 222 Å². The number of ether oxygens (including phenoxy) is 2. The highest BCUT2D eigenvalue weighted by Crippen LogP contribution is 2.42. The van der Waals surface area contributed by atoms with Gasteiger partial charge in [-0.05, 0) is 12.1 Å². The lowest BCUT2D eigenvalue weighted by molar-refractivity contribution is -0.141. The van der Waals surface area contributed by atoms with Gasteiger partial charge in [-0.2, -0.15) is 27.5 Å². The molecule has 0 aromatic carbocycles. The van der Waals surface area contributed by atoms with E-state index < -0.39 is 73.3 Å². The van der Waals surface area contributed by atoms with Crippen LogP contribution in [-0.2, 0) is 9.47 Å². The SMILES string of the molecule is Cl.Cl.Nc1ccn([C@@H]2O[C@H](CO)[C@@H](O)C2(F)F)c(=O)n1.Nc1ccn([C@@H]2O[C@H](CO)[C@@H](O)C2(F)F)c(=O)n1. The number of hydrogen-bond donors (Lipinski definition) is 6. The number of nitrogens with zero attached hydrogens (tertiary/aromatic N) is 4. The van der Waals surface area contributed by atoms with Crippen LogP contribution in [0.2, 0.25) is 0 Å². The second kappa shape index (κ2) is 12.5. The van der Waals surface area contributed by atoms with Gasteiger partial charge in [-0.3, -0.25) is 9.13 Å². The van der Waals surface area contributed by atoms with Gasteiger partial charge in [0.2, 0.25) is 12.5 Å². The molecule has 6 atom stereocenters. The second-order valence-electron chi connectivity index (χ2n) is 7.74. The van der Waals surface area contributed by atoms with Gasteiger partial charge >= 0.3 is 23.2 Å². The fraction of sp³-hybridized carbons (Fsp3) is 0.556. The van der Waals surface area contributed by atoms with E-state index in [2.05, 4.69) is 9.97 Å². The number of aliphatic hydroxyl groups is 4. The molecule has 0 aliphatic carbocycles. The molecule has 0 unspecified atom stereocenters. The number of aliphatic hydroxyl groups excluding tert-OH is 4. The summed E-state index contributed by atoms with van der Waals surface area (Å²) in [5, 5.41) is 36.2. The molecular formula is C18H24Cl2F4N6O8. The van der Waals surface area contributed by atoms with Crippen LogP contribution in [0, 0.1) is 0 Å². The Morgan fingerprint density at radius 1 is 0.789 bits per heavy atom. The van der Waals surface area contributed by atoms with Gasteiger partial charge in [0.25, 0.3) is 0 Å². The van der Waals surface area contributed by atoms with E-state index >= 15 is 0 Å². The third-order valence-corrected chi connectivity index (χ3v) is 5.33. The van der Waals surface area contributed by atoms with E-state index in [1.807, 2.05) is 0 Å². The molecule has 2 aliphatic heterocycles. The van der Waals surface area contributed by atoms with Crippen molar-refractivity contribution in [1.82, 2.24) is 19.1 Å². The number of nitrogen functional groups attached to an aromatic ring is 2. The van der Waals surface area contributed by atoms with Crippen LogP contribution in [0.4, 0.5) is 29.2 Å². The lowest BCUT2D eigenvalue weighted by Gasteiger charge is -2.20. The molecule has 0 radical (unpaired) electrons. The molecule has 14 nitrogen and oxygen atoms in total. The van der Waals surface area contributed by atoms with Crippen molar-refractivity contribution in [2.45, 2.75) is 48.7 Å². The average Bonchev–Trinajstić information content (AvgIpc) is 3.17. The highest BCUT2D eigenvalue weighted by Gasteiger charge is 2.60. The summed E-state index contributed by atoms with van der Waals surface area (Å²) in [4.78, 5) is 29.4. The second-order valence-corrected chi connectivity index (χ2v) is 7.74. The maximum absolute atomic E-state index is 13.7. The summed E-state index contributed by atoms with van der Waals surface area (Å²) in [5.41, 5.74) is 8.42. The molecule has 2 aromatic heterocycles. The molecule has 4 rings (SSSR count). The number of nitrogens with two attached hydrogens (primary N) is 2. The molecule has 20 heteroatoms. The number of anilines is 2. The lowest BCUT2D eigenvalue weighted by Crippen LogP contribution is -2.41. The van der Waals surface area contributed by atoms with Crippen LogP contribution >= 0.6 is 24.8 Å². The van der Waals surface area contributed by atoms with Gasteiger partial charge in [-0.1, -0.05) is 0 Å². The molecular weight excluding hydrogens is 575 g/mol. The van der Waals surface area contributed by atoms with E-state index in [0.717, 1.165) is 24.5 Å². The topological polar surface area (TPSA) is 221 Å². The first-order chi connectivity index (χ1) is 16.7. The third-order valence-electron chi connectivity index (χ3n) is 5.33. The number of halogens is 6. The largest absolute Gasteiger partial charge is 0.394 e. The molecule has 2 saturated heterocycles. The minimum absolute atomic E-state index is 0. The molecule has 2 aliphatic rings. The van der Waals surface area contributed by atoms with E-state index in [0.29, 0.717) is 9.13 Å². The molecule has 0 bridgehead atoms. The maximum Gasteiger partial charge on any atom is 0.351 e. The van der Waals surface area contributed by atoms with Crippen molar-refractivity contribution >= 4 is 36.4 Å². The summed E-state index contributed by atoms with van der Waals surface area (Å²) in [7, 11) is 0. The van der Waals surface area contributed by atoms with Crippen LogP contribution in [0.25, 0.3) is 0 Å². The Morgan fingerprint density at radius 2 is 1.11 bits per heavy atom. The van der Waals surface area contributed by atoms with E-state index in [1.165, 1.54) is 0 Å². The van der Waals surface area contributed by atoms with Gasteiger partial charge in [0.1, 0.15) is 23.8 Å². The Kier molecular flexibility index (Phi) is 11.0. The predicted octanol–water partition coefficient (Wildman–Crippen LogP) is -1.73. The Hall–Kier alpha value is -2.58. The summed E-state index contributed by atoms with van der Waals surface area (Å²) in [6.45, 7) is -1.57. The summed E-state index contributed by atoms with van der Waals surface area (Å²) in [6, 6.07) is 2.30. The molecule has 4 heterocycles. The van der Waals surface area contributed by atoms with E-state index in [-0.39, 0.29) is 36.4 Å².